The van der Waals surface area contributed by atoms with Gasteiger partial charge in [0.15, 0.2) is 11.6 Å². The first-order chi connectivity index (χ1) is 14.1. The number of hydrogen-bond donors (Lipinski definition) is 1. The number of carbonyl (C=O) groups is 1. The molecule has 0 aromatic heterocycles. The summed E-state index contributed by atoms with van der Waals surface area (Å²) in [5.74, 6) is -2.55. The monoisotopic (exact) mass is 430 g/mol. The summed E-state index contributed by atoms with van der Waals surface area (Å²) < 4.78 is 52.1. The second-order valence-electron chi connectivity index (χ2n) is 6.89. The standard InChI is InChI=1S/C22H20F2N2O3S/c1-15-4-3-5-19(12-15)26(30(2,28)29)14-16-6-8-17(9-7-16)22(27)25-18-10-11-20(23)21(24)13-18/h3-13H,14H2,1-2H3,(H,25,27). The van der Waals surface area contributed by atoms with Gasteiger partial charge in [-0.2, -0.15) is 0 Å². The lowest BCUT2D eigenvalue weighted by Gasteiger charge is -2.23. The van der Waals surface area contributed by atoms with Crippen molar-refractivity contribution in [3.63, 3.8) is 0 Å². The van der Waals surface area contributed by atoms with E-state index in [9.17, 15) is 22.0 Å². The van der Waals surface area contributed by atoms with E-state index in [1.165, 1.54) is 10.4 Å². The van der Waals surface area contributed by atoms with Crippen molar-refractivity contribution < 1.29 is 22.0 Å². The quantitative estimate of drug-likeness (QED) is 0.627. The average molecular weight is 430 g/mol. The summed E-state index contributed by atoms with van der Waals surface area (Å²) in [5.41, 5.74) is 2.60. The minimum atomic E-state index is -3.52. The molecule has 0 unspecified atom stereocenters. The Balaban J connectivity index is 1.76. The molecule has 0 aliphatic rings. The van der Waals surface area contributed by atoms with E-state index in [4.69, 9.17) is 0 Å². The fourth-order valence-electron chi connectivity index (χ4n) is 2.89. The highest BCUT2D eigenvalue weighted by atomic mass is 32.2. The van der Waals surface area contributed by atoms with E-state index >= 15 is 0 Å². The largest absolute Gasteiger partial charge is 0.322 e. The number of hydrogen-bond acceptors (Lipinski definition) is 3. The van der Waals surface area contributed by atoms with Crippen molar-refractivity contribution in [2.75, 3.05) is 15.9 Å². The lowest BCUT2D eigenvalue weighted by Crippen LogP contribution is -2.29. The van der Waals surface area contributed by atoms with Gasteiger partial charge in [-0.05, 0) is 54.4 Å². The van der Waals surface area contributed by atoms with Gasteiger partial charge in [-0.3, -0.25) is 9.10 Å². The Labute approximate surface area is 174 Å². The Morgan fingerprint density at radius 2 is 1.67 bits per heavy atom. The number of aryl methyl sites for hydroxylation is 1. The molecule has 0 radical (unpaired) electrons. The molecule has 0 fully saturated rings. The lowest BCUT2D eigenvalue weighted by atomic mass is 10.1. The molecule has 30 heavy (non-hydrogen) atoms. The van der Waals surface area contributed by atoms with Crippen LogP contribution in [-0.2, 0) is 16.6 Å². The van der Waals surface area contributed by atoms with Gasteiger partial charge in [0.1, 0.15) is 0 Å². The van der Waals surface area contributed by atoms with Crippen LogP contribution in [0, 0.1) is 18.6 Å². The normalized spacial score (nSPS) is 11.2. The Bertz CT molecular complexity index is 1180. The van der Waals surface area contributed by atoms with Crippen LogP contribution in [0.5, 0.6) is 0 Å². The van der Waals surface area contributed by atoms with Crippen LogP contribution < -0.4 is 9.62 Å². The van der Waals surface area contributed by atoms with Gasteiger partial charge >= 0.3 is 0 Å². The van der Waals surface area contributed by atoms with Crippen molar-refractivity contribution in [3.05, 3.63) is 95.1 Å². The molecule has 5 nitrogen and oxygen atoms in total. The molecule has 8 heteroatoms. The van der Waals surface area contributed by atoms with E-state index in [0.717, 1.165) is 24.0 Å². The molecule has 3 aromatic carbocycles. The Morgan fingerprint density at radius 1 is 0.967 bits per heavy atom. The number of carbonyl (C=O) groups excluding carboxylic acids is 1. The maximum absolute atomic E-state index is 13.3. The summed E-state index contributed by atoms with van der Waals surface area (Å²) in [5, 5.41) is 2.49. The highest BCUT2D eigenvalue weighted by Gasteiger charge is 2.18. The third kappa shape index (κ3) is 5.21. The van der Waals surface area contributed by atoms with E-state index < -0.39 is 27.6 Å². The Morgan fingerprint density at radius 3 is 2.27 bits per heavy atom. The molecule has 3 rings (SSSR count). The SMILES string of the molecule is Cc1cccc(N(Cc2ccc(C(=O)Nc3ccc(F)c(F)c3)cc2)S(C)(=O)=O)c1. The summed E-state index contributed by atoms with van der Waals surface area (Å²) in [7, 11) is -3.52. The smallest absolute Gasteiger partial charge is 0.255 e. The summed E-state index contributed by atoms with van der Waals surface area (Å²) in [6.07, 6.45) is 1.14. The second-order valence-corrected chi connectivity index (χ2v) is 8.80. The number of amides is 1. The molecule has 156 valence electrons. The second kappa shape index (κ2) is 8.62. The predicted molar refractivity (Wildman–Crippen MR) is 113 cm³/mol. The third-order valence-corrected chi connectivity index (χ3v) is 5.55. The number of rotatable bonds is 6. The van der Waals surface area contributed by atoms with Crippen LogP contribution in [0.1, 0.15) is 21.5 Å². The molecule has 0 heterocycles. The molecule has 0 aliphatic carbocycles. The molecular formula is C22H20F2N2O3S. The number of nitrogens with one attached hydrogen (secondary N) is 1. The molecule has 0 bridgehead atoms. The van der Waals surface area contributed by atoms with Gasteiger partial charge in [0.2, 0.25) is 10.0 Å². The van der Waals surface area contributed by atoms with Gasteiger partial charge in [-0.1, -0.05) is 24.3 Å². The Hall–Kier alpha value is -3.26. The molecule has 0 spiro atoms. The van der Waals surface area contributed by atoms with Crippen LogP contribution in [0.2, 0.25) is 0 Å². The van der Waals surface area contributed by atoms with Crippen LogP contribution in [0.15, 0.2) is 66.7 Å². The number of sulfonamides is 1. The van der Waals surface area contributed by atoms with Crippen LogP contribution in [0.25, 0.3) is 0 Å². The van der Waals surface area contributed by atoms with Gasteiger partial charge < -0.3 is 5.32 Å². The van der Waals surface area contributed by atoms with Gasteiger partial charge in [0.25, 0.3) is 5.91 Å². The van der Waals surface area contributed by atoms with Gasteiger partial charge in [0, 0.05) is 17.3 Å². The van der Waals surface area contributed by atoms with Crippen molar-refractivity contribution in [1.29, 1.82) is 0 Å². The van der Waals surface area contributed by atoms with Crippen LogP contribution in [0.4, 0.5) is 20.2 Å². The predicted octanol–water partition coefficient (Wildman–Crippen LogP) is 4.49. The maximum Gasteiger partial charge on any atom is 0.255 e. The molecule has 1 N–H and O–H groups in total. The number of halogens is 2. The minimum Gasteiger partial charge on any atom is -0.322 e. The average Bonchev–Trinajstić information content (AvgIpc) is 2.68. The maximum atomic E-state index is 13.3. The van der Waals surface area contributed by atoms with Crippen molar-refractivity contribution in [2.45, 2.75) is 13.5 Å². The zero-order valence-corrected chi connectivity index (χ0v) is 17.2. The first kappa shape index (κ1) is 21.4. The van der Waals surface area contributed by atoms with E-state index in [1.54, 1.807) is 42.5 Å². The fourth-order valence-corrected chi connectivity index (χ4v) is 3.77. The molecule has 1 amide bonds. The summed E-state index contributed by atoms with van der Waals surface area (Å²) >= 11 is 0. The van der Waals surface area contributed by atoms with Gasteiger partial charge in [0.05, 0.1) is 18.5 Å². The van der Waals surface area contributed by atoms with Gasteiger partial charge in [-0.15, -0.1) is 0 Å². The first-order valence-electron chi connectivity index (χ1n) is 9.03. The van der Waals surface area contributed by atoms with E-state index in [0.29, 0.717) is 16.8 Å². The third-order valence-electron chi connectivity index (χ3n) is 4.41. The van der Waals surface area contributed by atoms with Crippen LogP contribution in [0.3, 0.4) is 0 Å². The number of anilines is 2. The van der Waals surface area contributed by atoms with Crippen molar-refractivity contribution >= 4 is 27.3 Å². The number of benzene rings is 3. The van der Waals surface area contributed by atoms with Gasteiger partial charge in [-0.25, -0.2) is 17.2 Å². The van der Waals surface area contributed by atoms with E-state index in [-0.39, 0.29) is 12.2 Å². The zero-order chi connectivity index (χ0) is 21.9. The molecule has 0 saturated carbocycles. The molecule has 0 aliphatic heterocycles. The van der Waals surface area contributed by atoms with Crippen molar-refractivity contribution in [1.82, 2.24) is 0 Å². The fraction of sp³-hybridized carbons (Fsp3) is 0.136. The molecule has 0 atom stereocenters. The van der Waals surface area contributed by atoms with Crippen LogP contribution in [-0.4, -0.2) is 20.6 Å². The van der Waals surface area contributed by atoms with E-state index in [2.05, 4.69) is 5.32 Å². The molecular weight excluding hydrogens is 410 g/mol. The number of nitrogens with zero attached hydrogens (tertiary/aromatic N) is 1. The summed E-state index contributed by atoms with van der Waals surface area (Å²) in [6.45, 7) is 1.98. The highest BCUT2D eigenvalue weighted by Crippen LogP contribution is 2.22. The van der Waals surface area contributed by atoms with Crippen molar-refractivity contribution in [2.24, 2.45) is 0 Å². The van der Waals surface area contributed by atoms with Crippen LogP contribution >= 0.6 is 0 Å². The topological polar surface area (TPSA) is 66.5 Å². The Kier molecular flexibility index (Phi) is 6.17. The highest BCUT2D eigenvalue weighted by molar-refractivity contribution is 7.92. The zero-order valence-electron chi connectivity index (χ0n) is 16.4. The summed E-state index contributed by atoms with van der Waals surface area (Å²) in [4.78, 5) is 12.3. The lowest BCUT2D eigenvalue weighted by molar-refractivity contribution is 0.102. The van der Waals surface area contributed by atoms with E-state index in [1.807, 2.05) is 13.0 Å². The molecule has 0 saturated heterocycles. The first-order valence-corrected chi connectivity index (χ1v) is 10.9. The summed E-state index contributed by atoms with van der Waals surface area (Å²) in [6, 6.07) is 16.6. The minimum absolute atomic E-state index is 0.105. The molecule has 3 aromatic rings. The van der Waals surface area contributed by atoms with Crippen molar-refractivity contribution in [3.8, 4) is 0 Å².